The number of benzene rings is 2. The predicted octanol–water partition coefficient (Wildman–Crippen LogP) is 4.33. The Morgan fingerprint density at radius 3 is 2.50 bits per heavy atom. The van der Waals surface area contributed by atoms with Crippen molar-refractivity contribution in [2.75, 3.05) is 18.6 Å². The lowest BCUT2D eigenvalue weighted by atomic mass is 10.1. The molecule has 0 aliphatic carbocycles. The van der Waals surface area contributed by atoms with Gasteiger partial charge in [0.1, 0.15) is 11.5 Å². The van der Waals surface area contributed by atoms with Crippen molar-refractivity contribution < 1.29 is 17.6 Å². The van der Waals surface area contributed by atoms with Gasteiger partial charge in [-0.15, -0.1) is 0 Å². The third-order valence-electron chi connectivity index (χ3n) is 6.21. The smallest absolute Gasteiger partial charge is 0.151 e. The van der Waals surface area contributed by atoms with Gasteiger partial charge in [0.05, 0.1) is 42.8 Å². The van der Waals surface area contributed by atoms with Crippen LogP contribution in [0, 0.1) is 0 Å². The van der Waals surface area contributed by atoms with Crippen LogP contribution in [-0.2, 0) is 22.9 Å². The van der Waals surface area contributed by atoms with Gasteiger partial charge in [-0.2, -0.15) is 5.10 Å². The fraction of sp³-hybridized carbons (Fsp3) is 0.269. The maximum Gasteiger partial charge on any atom is 0.151 e. The van der Waals surface area contributed by atoms with Crippen molar-refractivity contribution in [3.05, 3.63) is 90.5 Å². The Kier molecular flexibility index (Phi) is 6.26. The molecule has 1 saturated heterocycles. The zero-order chi connectivity index (χ0) is 23.5. The normalized spacial score (nSPS) is 17.3. The van der Waals surface area contributed by atoms with Crippen molar-refractivity contribution in [3.63, 3.8) is 0 Å². The molecule has 1 atom stereocenters. The van der Waals surface area contributed by atoms with E-state index in [2.05, 4.69) is 4.90 Å². The summed E-state index contributed by atoms with van der Waals surface area (Å²) in [7, 11) is -1.38. The Bertz CT molecular complexity index is 1330. The minimum atomic E-state index is -3.03. The Labute approximate surface area is 199 Å². The molecule has 0 spiro atoms. The number of hydrogen-bond acceptors (Lipinski definition) is 6. The summed E-state index contributed by atoms with van der Waals surface area (Å²) >= 11 is 0. The van der Waals surface area contributed by atoms with Crippen LogP contribution < -0.4 is 4.74 Å². The Morgan fingerprint density at radius 1 is 1.06 bits per heavy atom. The molecular formula is C26H27N3O4S. The average Bonchev–Trinajstić information content (AvgIpc) is 3.60. The van der Waals surface area contributed by atoms with Crippen LogP contribution in [0.4, 0.5) is 0 Å². The molecule has 1 fully saturated rings. The van der Waals surface area contributed by atoms with E-state index in [-0.39, 0.29) is 17.5 Å². The number of sulfone groups is 1. The number of hydrogen-bond donors (Lipinski definition) is 0. The summed E-state index contributed by atoms with van der Waals surface area (Å²) in [4.78, 5) is 2.20. The van der Waals surface area contributed by atoms with E-state index < -0.39 is 9.84 Å². The maximum atomic E-state index is 12.3. The molecule has 0 radical (unpaired) electrons. The van der Waals surface area contributed by atoms with Crippen LogP contribution in [-0.4, -0.2) is 47.8 Å². The van der Waals surface area contributed by atoms with Crippen LogP contribution in [0.3, 0.4) is 0 Å². The highest BCUT2D eigenvalue weighted by Gasteiger charge is 2.33. The molecule has 0 N–H and O–H groups in total. The van der Waals surface area contributed by atoms with Gasteiger partial charge in [-0.1, -0.05) is 18.2 Å². The third kappa shape index (κ3) is 4.93. The second-order valence-electron chi connectivity index (χ2n) is 8.55. The second kappa shape index (κ2) is 9.48. The van der Waals surface area contributed by atoms with Crippen LogP contribution in [0.15, 0.2) is 83.6 Å². The molecule has 1 aliphatic heterocycles. The number of furan rings is 1. The van der Waals surface area contributed by atoms with E-state index in [1.165, 1.54) is 0 Å². The van der Waals surface area contributed by atoms with E-state index in [4.69, 9.17) is 14.3 Å². The molecule has 176 valence electrons. The van der Waals surface area contributed by atoms with Crippen molar-refractivity contribution in [2.24, 2.45) is 0 Å². The number of rotatable bonds is 8. The highest BCUT2D eigenvalue weighted by molar-refractivity contribution is 7.91. The van der Waals surface area contributed by atoms with Crippen LogP contribution in [0.5, 0.6) is 5.75 Å². The molecular weight excluding hydrogens is 450 g/mol. The zero-order valence-electron chi connectivity index (χ0n) is 19.0. The van der Waals surface area contributed by atoms with Gasteiger partial charge in [0, 0.05) is 29.9 Å². The van der Waals surface area contributed by atoms with E-state index in [1.54, 1.807) is 13.4 Å². The van der Waals surface area contributed by atoms with E-state index in [0.717, 1.165) is 34.0 Å². The first-order valence-corrected chi connectivity index (χ1v) is 13.1. The topological polar surface area (TPSA) is 77.6 Å². The molecule has 0 bridgehead atoms. The summed E-state index contributed by atoms with van der Waals surface area (Å²) in [5.74, 6) is 1.98. The first-order valence-electron chi connectivity index (χ1n) is 11.3. The minimum absolute atomic E-state index is 0.0705. The van der Waals surface area contributed by atoms with E-state index in [0.29, 0.717) is 19.5 Å². The molecule has 7 nitrogen and oxygen atoms in total. The van der Waals surface area contributed by atoms with Crippen LogP contribution in [0.1, 0.15) is 17.7 Å². The molecule has 0 saturated carbocycles. The summed E-state index contributed by atoms with van der Waals surface area (Å²) in [6, 6.07) is 21.5. The lowest BCUT2D eigenvalue weighted by Crippen LogP contribution is -2.35. The van der Waals surface area contributed by atoms with E-state index in [9.17, 15) is 8.42 Å². The molecule has 2 aromatic carbocycles. The number of aromatic nitrogens is 2. The van der Waals surface area contributed by atoms with Gasteiger partial charge in [-0.3, -0.25) is 4.90 Å². The molecule has 5 rings (SSSR count). The zero-order valence-corrected chi connectivity index (χ0v) is 19.8. The Hall–Kier alpha value is -3.36. The first kappa shape index (κ1) is 22.4. The first-order chi connectivity index (χ1) is 16.5. The van der Waals surface area contributed by atoms with Crippen LogP contribution in [0.25, 0.3) is 16.9 Å². The SMILES string of the molecule is COc1ccc(-c2nn(-c3ccccc3)cc2CN(Cc2ccco2)C2CCS(=O)(=O)C2)cc1. The van der Waals surface area contributed by atoms with Crippen molar-refractivity contribution in [1.29, 1.82) is 0 Å². The summed E-state index contributed by atoms with van der Waals surface area (Å²) in [5.41, 5.74) is 3.81. The number of methoxy groups -OCH3 is 1. The van der Waals surface area contributed by atoms with Crippen LogP contribution >= 0.6 is 0 Å². The third-order valence-corrected chi connectivity index (χ3v) is 7.96. The lowest BCUT2D eigenvalue weighted by Gasteiger charge is -2.27. The highest BCUT2D eigenvalue weighted by atomic mass is 32.2. The molecule has 1 aliphatic rings. The lowest BCUT2D eigenvalue weighted by molar-refractivity contribution is 0.179. The monoisotopic (exact) mass is 477 g/mol. The molecule has 34 heavy (non-hydrogen) atoms. The fourth-order valence-electron chi connectivity index (χ4n) is 4.43. The largest absolute Gasteiger partial charge is 0.497 e. The average molecular weight is 478 g/mol. The quantitative estimate of drug-likeness (QED) is 0.376. The van der Waals surface area contributed by atoms with Crippen molar-refractivity contribution in [3.8, 4) is 22.7 Å². The standard InChI is InChI=1S/C26H27N3O4S/c1-32-24-11-9-20(10-12-24)26-21(17-29(27-26)22-6-3-2-4-7-22)16-28(18-25-8-5-14-33-25)23-13-15-34(30,31)19-23/h2-12,14,17,23H,13,15-16,18-19H2,1H3. The summed E-state index contributed by atoms with van der Waals surface area (Å²) in [6.45, 7) is 1.08. The van der Waals surface area contributed by atoms with Gasteiger partial charge < -0.3 is 9.15 Å². The molecule has 2 aromatic heterocycles. The molecule has 4 aromatic rings. The summed E-state index contributed by atoms with van der Waals surface area (Å²) < 4.78 is 37.3. The summed E-state index contributed by atoms with van der Waals surface area (Å²) in [6.07, 6.45) is 4.30. The van der Waals surface area contributed by atoms with Gasteiger partial charge in [0.2, 0.25) is 0 Å². The van der Waals surface area contributed by atoms with Gasteiger partial charge in [0.25, 0.3) is 0 Å². The van der Waals surface area contributed by atoms with Crippen LogP contribution in [0.2, 0.25) is 0 Å². The second-order valence-corrected chi connectivity index (χ2v) is 10.8. The van der Waals surface area contributed by atoms with Crippen molar-refractivity contribution >= 4 is 9.84 Å². The highest BCUT2D eigenvalue weighted by Crippen LogP contribution is 2.29. The fourth-order valence-corrected chi connectivity index (χ4v) is 6.19. The van der Waals surface area contributed by atoms with E-state index in [1.807, 2.05) is 77.6 Å². The molecule has 3 heterocycles. The minimum Gasteiger partial charge on any atom is -0.497 e. The van der Waals surface area contributed by atoms with Gasteiger partial charge in [-0.25, -0.2) is 13.1 Å². The maximum absolute atomic E-state index is 12.3. The van der Waals surface area contributed by atoms with Crippen molar-refractivity contribution in [2.45, 2.75) is 25.6 Å². The molecule has 0 amide bonds. The number of nitrogens with zero attached hydrogens (tertiary/aromatic N) is 3. The van der Waals surface area contributed by atoms with Gasteiger partial charge in [-0.05, 0) is 55.0 Å². The summed E-state index contributed by atoms with van der Waals surface area (Å²) in [5, 5.41) is 4.92. The Morgan fingerprint density at radius 2 is 1.85 bits per heavy atom. The van der Waals surface area contributed by atoms with E-state index >= 15 is 0 Å². The Balaban J connectivity index is 1.53. The predicted molar refractivity (Wildman–Crippen MR) is 131 cm³/mol. The number of para-hydroxylation sites is 1. The molecule has 8 heteroatoms. The van der Waals surface area contributed by atoms with Gasteiger partial charge >= 0.3 is 0 Å². The van der Waals surface area contributed by atoms with Crippen molar-refractivity contribution in [1.82, 2.24) is 14.7 Å². The number of ether oxygens (including phenoxy) is 1. The van der Waals surface area contributed by atoms with Gasteiger partial charge in [0.15, 0.2) is 9.84 Å². The molecule has 1 unspecified atom stereocenters.